The van der Waals surface area contributed by atoms with Crippen molar-refractivity contribution in [1.82, 2.24) is 9.59 Å². The van der Waals surface area contributed by atoms with Gasteiger partial charge in [0.1, 0.15) is 0 Å². The summed E-state index contributed by atoms with van der Waals surface area (Å²) in [7, 11) is 0. The summed E-state index contributed by atoms with van der Waals surface area (Å²) in [6.07, 6.45) is 0. The van der Waals surface area contributed by atoms with Crippen LogP contribution in [0.1, 0.15) is 15.7 Å². The number of halogens is 2. The molecule has 0 bridgehead atoms. The summed E-state index contributed by atoms with van der Waals surface area (Å²) < 4.78 is 5.77. The van der Waals surface area contributed by atoms with E-state index < -0.39 is 0 Å². The second-order valence-electron chi connectivity index (χ2n) is 1.73. The van der Waals surface area contributed by atoms with Gasteiger partial charge < -0.3 is 0 Å². The van der Waals surface area contributed by atoms with Crippen LogP contribution in [0.3, 0.4) is 0 Å². The van der Waals surface area contributed by atoms with Crippen molar-refractivity contribution in [2.45, 2.75) is 10.8 Å². The van der Waals surface area contributed by atoms with Gasteiger partial charge in [-0.15, -0.1) is 0 Å². The second kappa shape index (κ2) is 4.15. The van der Waals surface area contributed by atoms with Gasteiger partial charge in [-0.25, -0.2) is 0 Å². The van der Waals surface area contributed by atoms with Crippen LogP contribution in [0.2, 0.25) is 0 Å². The molecule has 0 saturated heterocycles. The van der Waals surface area contributed by atoms with E-state index in [1.807, 2.05) is 0 Å². The first-order valence-corrected chi connectivity index (χ1v) is 7.97. The van der Waals surface area contributed by atoms with Gasteiger partial charge in [0.15, 0.2) is 0 Å². The summed E-state index contributed by atoms with van der Waals surface area (Å²) in [6.45, 7) is 2.18. The summed E-state index contributed by atoms with van der Waals surface area (Å²) in [6, 6.07) is 0. The molecule has 0 aromatic carbocycles. The summed E-state index contributed by atoms with van der Waals surface area (Å²) in [4.78, 5) is 3.59. The van der Waals surface area contributed by atoms with Crippen LogP contribution in [0.5, 0.6) is 0 Å². The first-order valence-electron chi connectivity index (χ1n) is 2.71. The fourth-order valence-electron chi connectivity index (χ4n) is 0.555. The molecule has 0 aliphatic heterocycles. The summed E-state index contributed by atoms with van der Waals surface area (Å²) >= 11 is 4.07. The average molecular weight is 381 g/mol. The van der Waals surface area contributed by atoms with E-state index in [1.54, 1.807) is 11.5 Å². The van der Waals surface area contributed by atoms with E-state index in [-0.39, 0.29) is 21.2 Å². The van der Waals surface area contributed by atoms with Crippen molar-refractivity contribution >= 4 is 34.1 Å². The quantitative estimate of drug-likeness (QED) is 0.482. The first kappa shape index (κ1) is 9.11. The van der Waals surface area contributed by atoms with Gasteiger partial charge in [0.05, 0.1) is 0 Å². The molecule has 1 heterocycles. The predicted octanol–water partition coefficient (Wildman–Crippen LogP) is -1.08. The fraction of sp³-hybridized carbons (Fsp3) is 0.600. The molecule has 0 aliphatic carbocycles. The Morgan fingerprint density at radius 1 is 1.70 bits per heavy atom. The molecule has 0 saturated carbocycles. The number of hydrogen-bond acceptors (Lipinski definition) is 3. The molecule has 2 nitrogen and oxygen atoms in total. The molecule has 0 aliphatic rings. The zero-order chi connectivity index (χ0) is 7.56. The molecule has 5 heteroatoms. The Labute approximate surface area is 88.4 Å². The minimum atomic E-state index is 0.124. The Hall–Kier alpha value is 1.02. The third-order valence-electron chi connectivity index (χ3n) is 1.01. The van der Waals surface area contributed by atoms with E-state index in [1.165, 1.54) is 8.58 Å². The van der Waals surface area contributed by atoms with Gasteiger partial charge in [-0.3, -0.25) is 0 Å². The Balaban J connectivity index is 2.90. The van der Waals surface area contributed by atoms with Crippen molar-refractivity contribution in [2.75, 3.05) is 4.93 Å². The van der Waals surface area contributed by atoms with Crippen LogP contribution in [-0.4, -0.2) is 14.5 Å². The molecular formula is C5H7I2N2S-. The van der Waals surface area contributed by atoms with E-state index in [0.717, 1.165) is 0 Å². The van der Waals surface area contributed by atoms with Crippen molar-refractivity contribution in [3.63, 3.8) is 0 Å². The van der Waals surface area contributed by atoms with Crippen molar-refractivity contribution in [2.24, 2.45) is 0 Å². The van der Waals surface area contributed by atoms with Crippen LogP contribution >= 0.6 is 34.1 Å². The Morgan fingerprint density at radius 3 is 2.80 bits per heavy atom. The van der Waals surface area contributed by atoms with E-state index in [4.69, 9.17) is 0 Å². The van der Waals surface area contributed by atoms with Crippen LogP contribution in [0, 0.1) is 3.70 Å². The second-order valence-corrected chi connectivity index (χ2v) is 6.49. The third-order valence-corrected chi connectivity index (χ3v) is 5.15. The molecule has 1 atom stereocenters. The van der Waals surface area contributed by atoms with E-state index >= 15 is 0 Å². The molecule has 0 amide bonds. The van der Waals surface area contributed by atoms with Gasteiger partial charge in [0, 0.05) is 0 Å². The van der Waals surface area contributed by atoms with Crippen molar-refractivity contribution in [3.05, 3.63) is 8.58 Å². The summed E-state index contributed by atoms with van der Waals surface area (Å²) in [5.74, 6) is 0. The molecule has 1 unspecified atom stereocenters. The maximum atomic E-state index is 4.07. The molecule has 0 N–H and O–H groups in total. The normalized spacial score (nSPS) is 13.9. The monoisotopic (exact) mass is 381 g/mol. The molecular weight excluding hydrogens is 374 g/mol. The fourth-order valence-corrected chi connectivity index (χ4v) is 4.54. The zero-order valence-electron chi connectivity index (χ0n) is 5.64. The molecule has 1 rings (SSSR count). The standard InChI is InChI=1S/C5H7I2N2S/c1-3(6)4-5(7-2)8-9-10-4/h3H,1-2H3/q-1. The molecule has 1 aromatic heterocycles. The van der Waals surface area contributed by atoms with Gasteiger partial charge >= 0.3 is 89.3 Å². The third kappa shape index (κ3) is 2.00. The summed E-state index contributed by atoms with van der Waals surface area (Å²) in [5.41, 5.74) is 0. The van der Waals surface area contributed by atoms with E-state index in [2.05, 4.69) is 44.0 Å². The van der Waals surface area contributed by atoms with Crippen molar-refractivity contribution in [1.29, 1.82) is 0 Å². The number of alkyl halides is 2. The maximum absolute atomic E-state index is 4.07. The molecule has 0 spiro atoms. The van der Waals surface area contributed by atoms with Gasteiger partial charge in [0.25, 0.3) is 0 Å². The molecule has 10 heavy (non-hydrogen) atoms. The minimum absolute atomic E-state index is 0.124. The van der Waals surface area contributed by atoms with E-state index in [9.17, 15) is 0 Å². The van der Waals surface area contributed by atoms with E-state index in [0.29, 0.717) is 3.92 Å². The Morgan fingerprint density at radius 2 is 2.40 bits per heavy atom. The number of aromatic nitrogens is 2. The molecule has 0 fully saturated rings. The van der Waals surface area contributed by atoms with Crippen LogP contribution in [0.15, 0.2) is 0 Å². The Bertz CT molecular complexity index is 211. The Kier molecular flexibility index (Phi) is 3.78. The van der Waals surface area contributed by atoms with Crippen LogP contribution < -0.4 is 21.2 Å². The topological polar surface area (TPSA) is 25.8 Å². The van der Waals surface area contributed by atoms with Gasteiger partial charge in [-0.1, -0.05) is 0 Å². The van der Waals surface area contributed by atoms with Crippen molar-refractivity contribution in [3.8, 4) is 0 Å². The average Bonchev–Trinajstić information content (AvgIpc) is 2.33. The number of rotatable bonds is 2. The van der Waals surface area contributed by atoms with Crippen LogP contribution in [0.4, 0.5) is 0 Å². The molecule has 0 radical (unpaired) electrons. The summed E-state index contributed by atoms with van der Waals surface area (Å²) in [5, 5.41) is 4.07. The number of hydrogen-bond donors (Lipinski definition) is 0. The molecule has 1 aromatic rings. The zero-order valence-corrected chi connectivity index (χ0v) is 10.8. The SMILES string of the molecule is C[I-]c1nnsc1C(C)I. The van der Waals surface area contributed by atoms with Crippen molar-refractivity contribution < 1.29 is 21.2 Å². The van der Waals surface area contributed by atoms with Gasteiger partial charge in [-0.2, -0.15) is 0 Å². The van der Waals surface area contributed by atoms with Crippen LogP contribution in [-0.2, 0) is 0 Å². The predicted molar refractivity (Wildman–Crippen MR) is 47.0 cm³/mol. The molecule has 58 valence electrons. The van der Waals surface area contributed by atoms with Crippen LogP contribution in [0.25, 0.3) is 0 Å². The number of nitrogens with zero attached hydrogens (tertiary/aromatic N) is 2. The van der Waals surface area contributed by atoms with Gasteiger partial charge in [-0.05, 0) is 0 Å². The van der Waals surface area contributed by atoms with Gasteiger partial charge in [0.2, 0.25) is 0 Å². The first-order chi connectivity index (χ1) is 4.75.